The molecular weight excluding hydrogens is 471 g/mol. The number of benzene rings is 1. The van der Waals surface area contributed by atoms with Gasteiger partial charge in [0, 0.05) is 51.9 Å². The minimum atomic E-state index is -4.48. The van der Waals surface area contributed by atoms with E-state index in [0.717, 1.165) is 12.5 Å². The number of nitrogens with one attached hydrogen (secondary N) is 1. The molecule has 2 amide bonds. The third-order valence-electron chi connectivity index (χ3n) is 7.49. The van der Waals surface area contributed by atoms with Crippen LogP contribution in [0.3, 0.4) is 0 Å². The van der Waals surface area contributed by atoms with Gasteiger partial charge in [-0.1, -0.05) is 50.3 Å². The maximum Gasteiger partial charge on any atom is 0.416 e. The molecule has 1 aliphatic carbocycles. The number of rotatable bonds is 11. The van der Waals surface area contributed by atoms with E-state index in [2.05, 4.69) is 5.32 Å². The van der Waals surface area contributed by atoms with Crippen LogP contribution in [-0.4, -0.2) is 56.9 Å². The summed E-state index contributed by atoms with van der Waals surface area (Å²) in [6.45, 7) is 2.04. The van der Waals surface area contributed by atoms with Crippen LogP contribution in [0.25, 0.3) is 0 Å². The summed E-state index contributed by atoms with van der Waals surface area (Å²) < 4.78 is 52.7. The fourth-order valence-electron chi connectivity index (χ4n) is 5.64. The lowest BCUT2D eigenvalue weighted by Gasteiger charge is -2.38. The molecule has 36 heavy (non-hydrogen) atoms. The van der Waals surface area contributed by atoms with Crippen molar-refractivity contribution in [3.05, 3.63) is 35.4 Å². The van der Waals surface area contributed by atoms with Gasteiger partial charge in [0.1, 0.15) is 0 Å². The average molecular weight is 514 g/mol. The van der Waals surface area contributed by atoms with Crippen molar-refractivity contribution in [3.8, 4) is 0 Å². The molecule has 1 aliphatic heterocycles. The first-order chi connectivity index (χ1) is 17.3. The maximum absolute atomic E-state index is 13.8. The van der Waals surface area contributed by atoms with Gasteiger partial charge in [0.2, 0.25) is 0 Å². The average Bonchev–Trinajstić information content (AvgIpc) is 2.88. The zero-order valence-electron chi connectivity index (χ0n) is 21.4. The van der Waals surface area contributed by atoms with E-state index in [1.807, 2.05) is 0 Å². The molecule has 1 heterocycles. The Bertz CT molecular complexity index is 802. The number of hydrogen-bond acceptors (Lipinski definition) is 4. The lowest BCUT2D eigenvalue weighted by molar-refractivity contribution is -0.140. The SMILES string of the molecule is COCCCOC(c1ccccc1C(F)(F)F)C1CCCN(C(=O)NC(CN)CC2CCCCC2)C1. The highest BCUT2D eigenvalue weighted by atomic mass is 19.4. The fourth-order valence-corrected chi connectivity index (χ4v) is 5.64. The van der Waals surface area contributed by atoms with Crippen molar-refractivity contribution in [1.29, 1.82) is 0 Å². The third kappa shape index (κ3) is 8.35. The van der Waals surface area contributed by atoms with Crippen molar-refractivity contribution in [2.45, 2.75) is 76.1 Å². The van der Waals surface area contributed by atoms with Crippen LogP contribution >= 0.6 is 0 Å². The van der Waals surface area contributed by atoms with Gasteiger partial charge < -0.3 is 25.4 Å². The number of likely N-dealkylation sites (tertiary alicyclic amines) is 1. The van der Waals surface area contributed by atoms with Gasteiger partial charge in [-0.2, -0.15) is 13.2 Å². The summed E-state index contributed by atoms with van der Waals surface area (Å²) >= 11 is 0. The molecule has 2 fully saturated rings. The van der Waals surface area contributed by atoms with Crippen LogP contribution < -0.4 is 11.1 Å². The van der Waals surface area contributed by atoms with Crippen molar-refractivity contribution < 1.29 is 27.4 Å². The van der Waals surface area contributed by atoms with Gasteiger partial charge in [-0.25, -0.2) is 4.79 Å². The summed E-state index contributed by atoms with van der Waals surface area (Å²) in [5.41, 5.74) is 5.44. The molecule has 2 aliphatic rings. The number of halogens is 3. The molecule has 3 N–H and O–H groups in total. The fraction of sp³-hybridized carbons (Fsp3) is 0.741. The van der Waals surface area contributed by atoms with Gasteiger partial charge in [-0.05, 0) is 43.2 Å². The molecule has 0 aromatic heterocycles. The smallest absolute Gasteiger partial charge is 0.385 e. The number of ether oxygens (including phenoxy) is 2. The number of alkyl halides is 3. The topological polar surface area (TPSA) is 76.8 Å². The predicted octanol–water partition coefficient (Wildman–Crippen LogP) is 5.52. The predicted molar refractivity (Wildman–Crippen MR) is 133 cm³/mol. The van der Waals surface area contributed by atoms with Gasteiger partial charge in [-0.15, -0.1) is 0 Å². The van der Waals surface area contributed by atoms with E-state index >= 15 is 0 Å². The summed E-state index contributed by atoms with van der Waals surface area (Å²) in [5.74, 6) is 0.343. The second kappa shape index (κ2) is 14.2. The molecular formula is C27H42F3N3O3. The first-order valence-electron chi connectivity index (χ1n) is 13.4. The monoisotopic (exact) mass is 513 g/mol. The first kappa shape index (κ1) is 28.7. The highest BCUT2D eigenvalue weighted by Gasteiger charge is 2.39. The number of piperidine rings is 1. The van der Waals surface area contributed by atoms with Gasteiger partial charge in [0.25, 0.3) is 0 Å². The number of carbonyl (C=O) groups is 1. The number of methoxy groups -OCH3 is 1. The number of carbonyl (C=O) groups excluding carboxylic acids is 1. The van der Waals surface area contributed by atoms with E-state index in [0.29, 0.717) is 51.4 Å². The Kier molecular flexibility index (Phi) is 11.3. The van der Waals surface area contributed by atoms with Crippen molar-refractivity contribution in [2.24, 2.45) is 17.6 Å². The normalized spacial score (nSPS) is 21.2. The van der Waals surface area contributed by atoms with E-state index in [4.69, 9.17) is 15.2 Å². The summed E-state index contributed by atoms with van der Waals surface area (Å²) in [6, 6.07) is 5.33. The van der Waals surface area contributed by atoms with Crippen LogP contribution in [0.15, 0.2) is 24.3 Å². The molecule has 9 heteroatoms. The Hall–Kier alpha value is -1.84. The van der Waals surface area contributed by atoms with Crippen LogP contribution in [0.4, 0.5) is 18.0 Å². The van der Waals surface area contributed by atoms with Gasteiger partial charge in [-0.3, -0.25) is 0 Å². The minimum absolute atomic E-state index is 0.0898. The van der Waals surface area contributed by atoms with Crippen molar-refractivity contribution in [3.63, 3.8) is 0 Å². The summed E-state index contributed by atoms with van der Waals surface area (Å²) in [4.78, 5) is 14.9. The van der Waals surface area contributed by atoms with Crippen molar-refractivity contribution in [2.75, 3.05) is 40.0 Å². The zero-order chi connectivity index (χ0) is 26.0. The quantitative estimate of drug-likeness (QED) is 0.382. The molecule has 1 saturated heterocycles. The summed E-state index contributed by atoms with van der Waals surface area (Å²) in [5, 5.41) is 3.10. The number of hydrogen-bond donors (Lipinski definition) is 2. The summed E-state index contributed by atoms with van der Waals surface area (Å²) in [7, 11) is 1.58. The molecule has 1 saturated carbocycles. The summed E-state index contributed by atoms with van der Waals surface area (Å²) in [6.07, 6.45) is 3.71. The first-order valence-corrected chi connectivity index (χ1v) is 13.4. The van der Waals surface area contributed by atoms with Crippen LogP contribution in [0, 0.1) is 11.8 Å². The molecule has 204 valence electrons. The van der Waals surface area contributed by atoms with Gasteiger partial charge >= 0.3 is 12.2 Å². The Morgan fingerprint density at radius 2 is 1.89 bits per heavy atom. The molecule has 0 radical (unpaired) electrons. The third-order valence-corrected chi connectivity index (χ3v) is 7.49. The molecule has 0 spiro atoms. The zero-order valence-corrected chi connectivity index (χ0v) is 21.4. The van der Waals surface area contributed by atoms with Crippen molar-refractivity contribution in [1.82, 2.24) is 10.2 Å². The van der Waals surface area contributed by atoms with Crippen LogP contribution in [0.2, 0.25) is 0 Å². The van der Waals surface area contributed by atoms with Gasteiger partial charge in [0.05, 0.1) is 11.7 Å². The number of amides is 2. The Labute approximate surface area is 213 Å². The lowest BCUT2D eigenvalue weighted by atomic mass is 9.85. The molecule has 3 unspecified atom stereocenters. The number of nitrogens with two attached hydrogens (primary N) is 1. The molecule has 1 aromatic rings. The maximum atomic E-state index is 13.8. The largest absolute Gasteiger partial charge is 0.416 e. The number of nitrogens with zero attached hydrogens (tertiary/aromatic N) is 1. The highest BCUT2D eigenvalue weighted by molar-refractivity contribution is 5.74. The van der Waals surface area contributed by atoms with Crippen LogP contribution in [-0.2, 0) is 15.7 Å². The van der Waals surface area contributed by atoms with E-state index in [-0.39, 0.29) is 30.2 Å². The second-order valence-electron chi connectivity index (χ2n) is 10.2. The van der Waals surface area contributed by atoms with Crippen LogP contribution in [0.1, 0.15) is 75.0 Å². The van der Waals surface area contributed by atoms with Crippen LogP contribution in [0.5, 0.6) is 0 Å². The molecule has 1 aromatic carbocycles. The molecule has 3 rings (SSSR count). The van der Waals surface area contributed by atoms with Gasteiger partial charge in [0.15, 0.2) is 0 Å². The van der Waals surface area contributed by atoms with E-state index in [9.17, 15) is 18.0 Å². The number of urea groups is 1. The molecule has 6 nitrogen and oxygen atoms in total. The highest BCUT2D eigenvalue weighted by Crippen LogP contribution is 2.40. The van der Waals surface area contributed by atoms with Crippen molar-refractivity contribution >= 4 is 6.03 Å². The minimum Gasteiger partial charge on any atom is -0.385 e. The molecule has 0 bridgehead atoms. The Morgan fingerprint density at radius 1 is 1.14 bits per heavy atom. The van der Waals surface area contributed by atoms with E-state index < -0.39 is 17.8 Å². The standard InChI is InChI=1S/C27H42F3N3O3/c1-35-15-8-16-36-25(23-12-5-6-13-24(23)27(28,29)30)21-11-7-14-33(19-21)26(34)32-22(18-31)17-20-9-3-2-4-10-20/h5-6,12-13,20-22,25H,2-4,7-11,14-19,31H2,1H3,(H,32,34). The van der Waals surface area contributed by atoms with E-state index in [1.165, 1.54) is 44.2 Å². The lowest BCUT2D eigenvalue weighted by Crippen LogP contribution is -2.51. The Morgan fingerprint density at radius 3 is 2.58 bits per heavy atom. The molecule has 3 atom stereocenters. The van der Waals surface area contributed by atoms with E-state index in [1.54, 1.807) is 18.1 Å². The second-order valence-corrected chi connectivity index (χ2v) is 10.2. The Balaban J connectivity index is 1.70.